The topological polar surface area (TPSA) is 66.8 Å². The van der Waals surface area contributed by atoms with E-state index in [1.807, 2.05) is 25.7 Å². The van der Waals surface area contributed by atoms with Gasteiger partial charge in [0.25, 0.3) is 0 Å². The number of amides is 1. The third-order valence-corrected chi connectivity index (χ3v) is 4.46. The Labute approximate surface area is 120 Å². The minimum absolute atomic E-state index is 0.223. The van der Waals surface area contributed by atoms with Crippen LogP contribution in [0.5, 0.6) is 0 Å². The summed E-state index contributed by atoms with van der Waals surface area (Å²) in [4.78, 5) is 24.8. The molecule has 1 N–H and O–H groups in total. The van der Waals surface area contributed by atoms with Crippen molar-refractivity contribution in [3.63, 3.8) is 0 Å². The second kappa shape index (κ2) is 5.26. The van der Waals surface area contributed by atoms with Crippen LogP contribution in [0, 0.1) is 17.8 Å². The largest absolute Gasteiger partial charge is 0.481 e. The third-order valence-electron chi connectivity index (χ3n) is 4.46. The van der Waals surface area contributed by atoms with Gasteiger partial charge in [-0.05, 0) is 51.9 Å². The molecule has 3 rings (SSSR count). The normalized spacial score (nSPS) is 29.8. The fourth-order valence-electron chi connectivity index (χ4n) is 3.26. The molecule has 1 aliphatic carbocycles. The molecule has 0 aromatic rings. The van der Waals surface area contributed by atoms with Gasteiger partial charge in [0, 0.05) is 12.6 Å². The molecule has 0 aromatic heterocycles. The summed E-state index contributed by atoms with van der Waals surface area (Å²) in [5.74, 6) is -0.0384. The molecule has 4 atom stereocenters. The molecule has 2 saturated heterocycles. The number of nitrogens with zero attached hydrogens (tertiary/aromatic N) is 1. The van der Waals surface area contributed by atoms with E-state index in [2.05, 4.69) is 0 Å². The van der Waals surface area contributed by atoms with E-state index in [0.29, 0.717) is 18.3 Å². The van der Waals surface area contributed by atoms with Gasteiger partial charge >= 0.3 is 12.1 Å². The first kappa shape index (κ1) is 15.1. The average molecular weight is 283 g/mol. The minimum Gasteiger partial charge on any atom is -0.481 e. The summed E-state index contributed by atoms with van der Waals surface area (Å²) in [6.07, 6.45) is 2.40. The van der Waals surface area contributed by atoms with Crippen LogP contribution in [0.25, 0.3) is 0 Å². The molecule has 1 amide bonds. The highest BCUT2D eigenvalue weighted by atomic mass is 16.6. The quantitative estimate of drug-likeness (QED) is 0.861. The number of aliphatic carboxylic acids is 1. The van der Waals surface area contributed by atoms with E-state index in [4.69, 9.17) is 9.84 Å². The van der Waals surface area contributed by atoms with Crippen molar-refractivity contribution in [3.05, 3.63) is 0 Å². The Morgan fingerprint density at radius 2 is 2.05 bits per heavy atom. The predicted molar refractivity (Wildman–Crippen MR) is 74.4 cm³/mol. The van der Waals surface area contributed by atoms with E-state index in [1.165, 1.54) is 0 Å². The van der Waals surface area contributed by atoms with Crippen molar-refractivity contribution < 1.29 is 19.4 Å². The first-order chi connectivity index (χ1) is 9.19. The summed E-state index contributed by atoms with van der Waals surface area (Å²) in [5, 5.41) is 8.92. The number of carboxylic acid groups (broad SMARTS) is 1. The van der Waals surface area contributed by atoms with E-state index >= 15 is 0 Å². The highest BCUT2D eigenvalue weighted by Gasteiger charge is 2.54. The van der Waals surface area contributed by atoms with Crippen molar-refractivity contribution in [1.29, 1.82) is 0 Å². The summed E-state index contributed by atoms with van der Waals surface area (Å²) < 4.78 is 5.42. The van der Waals surface area contributed by atoms with Crippen molar-refractivity contribution in [2.24, 2.45) is 17.8 Å². The van der Waals surface area contributed by atoms with Crippen LogP contribution in [-0.4, -0.2) is 40.3 Å². The summed E-state index contributed by atoms with van der Waals surface area (Å²) >= 11 is 0. The molecule has 114 valence electrons. The van der Waals surface area contributed by atoms with E-state index in [1.54, 1.807) is 6.92 Å². The Morgan fingerprint density at radius 1 is 1.40 bits per heavy atom. The molecular formula is C15H25NO4. The second-order valence-electron chi connectivity index (χ2n) is 7.18. The number of carboxylic acids is 1. The fraction of sp³-hybridized carbons (Fsp3) is 0.867. The standard InChI is InChI=1S/C15H25NO4/c1-9(13(17)18)5-6-11-10-7-12(11)16(8-10)14(19)20-15(2,3)4/h9-12H,5-8H2,1-4H3,(H,17,18)/t9?,10-,11?,12-/m0/s1. The van der Waals surface area contributed by atoms with Gasteiger partial charge in [0.1, 0.15) is 5.60 Å². The Bertz CT molecular complexity index is 401. The molecule has 2 unspecified atom stereocenters. The van der Waals surface area contributed by atoms with Crippen LogP contribution >= 0.6 is 0 Å². The predicted octanol–water partition coefficient (Wildman–Crippen LogP) is 2.74. The SMILES string of the molecule is CC(CCC1[C@H]2C[C@@H]1N(C(=O)OC(C)(C)C)C2)C(=O)O. The zero-order valence-corrected chi connectivity index (χ0v) is 12.8. The Hall–Kier alpha value is -1.26. The monoisotopic (exact) mass is 283 g/mol. The van der Waals surface area contributed by atoms with E-state index in [9.17, 15) is 9.59 Å². The maximum absolute atomic E-state index is 12.1. The summed E-state index contributed by atoms with van der Waals surface area (Å²) in [5.41, 5.74) is -0.461. The van der Waals surface area contributed by atoms with Crippen molar-refractivity contribution in [2.45, 2.75) is 58.6 Å². The number of rotatable bonds is 4. The first-order valence-corrected chi connectivity index (χ1v) is 7.41. The van der Waals surface area contributed by atoms with E-state index in [-0.39, 0.29) is 18.1 Å². The van der Waals surface area contributed by atoms with Gasteiger partial charge in [-0.25, -0.2) is 4.79 Å². The average Bonchev–Trinajstić information content (AvgIpc) is 2.84. The molecule has 0 radical (unpaired) electrons. The van der Waals surface area contributed by atoms with Gasteiger partial charge in [-0.1, -0.05) is 6.92 Å². The Balaban J connectivity index is 1.84. The zero-order valence-electron chi connectivity index (χ0n) is 12.8. The highest BCUT2D eigenvalue weighted by Crippen LogP contribution is 2.49. The maximum atomic E-state index is 12.1. The van der Waals surface area contributed by atoms with Gasteiger partial charge < -0.3 is 14.7 Å². The van der Waals surface area contributed by atoms with Crippen LogP contribution < -0.4 is 0 Å². The Morgan fingerprint density at radius 3 is 2.60 bits per heavy atom. The lowest BCUT2D eigenvalue weighted by atomic mass is 9.71. The molecule has 3 aliphatic rings. The van der Waals surface area contributed by atoms with Crippen LogP contribution in [0.1, 0.15) is 47.0 Å². The van der Waals surface area contributed by atoms with Crippen LogP contribution in [0.2, 0.25) is 0 Å². The number of hydrogen-bond donors (Lipinski definition) is 1. The number of fused-ring (bicyclic) bond motifs is 1. The van der Waals surface area contributed by atoms with Crippen molar-refractivity contribution in [1.82, 2.24) is 4.90 Å². The fourth-order valence-corrected chi connectivity index (χ4v) is 3.26. The van der Waals surface area contributed by atoms with Crippen molar-refractivity contribution >= 4 is 12.1 Å². The molecule has 0 aromatic carbocycles. The lowest BCUT2D eigenvalue weighted by Gasteiger charge is -2.37. The molecule has 2 bridgehead atoms. The van der Waals surface area contributed by atoms with Gasteiger partial charge in [-0.15, -0.1) is 0 Å². The second-order valence-corrected chi connectivity index (χ2v) is 7.18. The number of ether oxygens (including phenoxy) is 1. The van der Waals surface area contributed by atoms with Gasteiger partial charge in [0.15, 0.2) is 0 Å². The van der Waals surface area contributed by atoms with Crippen molar-refractivity contribution in [3.8, 4) is 0 Å². The van der Waals surface area contributed by atoms with Crippen LogP contribution in [0.3, 0.4) is 0 Å². The summed E-state index contributed by atoms with van der Waals surface area (Å²) in [6.45, 7) is 8.13. The molecular weight excluding hydrogens is 258 g/mol. The van der Waals surface area contributed by atoms with Gasteiger partial charge in [0.2, 0.25) is 0 Å². The van der Waals surface area contributed by atoms with Crippen LogP contribution in [-0.2, 0) is 9.53 Å². The third kappa shape index (κ3) is 3.07. The minimum atomic E-state index is -0.735. The molecule has 2 heterocycles. The van der Waals surface area contributed by atoms with Crippen LogP contribution in [0.15, 0.2) is 0 Å². The van der Waals surface area contributed by atoms with Crippen LogP contribution in [0.4, 0.5) is 4.79 Å². The first-order valence-electron chi connectivity index (χ1n) is 7.41. The molecule has 3 fully saturated rings. The van der Waals surface area contributed by atoms with Gasteiger partial charge in [0.05, 0.1) is 5.92 Å². The van der Waals surface area contributed by atoms with Gasteiger partial charge in [-0.3, -0.25) is 4.79 Å². The zero-order chi connectivity index (χ0) is 15.1. The molecule has 5 nitrogen and oxygen atoms in total. The molecule has 5 heteroatoms. The van der Waals surface area contributed by atoms with Crippen molar-refractivity contribution in [2.75, 3.05) is 6.54 Å². The summed E-state index contributed by atoms with van der Waals surface area (Å²) in [7, 11) is 0. The number of carbonyl (C=O) groups is 2. The van der Waals surface area contributed by atoms with Gasteiger partial charge in [-0.2, -0.15) is 0 Å². The number of carbonyl (C=O) groups excluding carboxylic acids is 1. The molecule has 20 heavy (non-hydrogen) atoms. The molecule has 2 aliphatic heterocycles. The summed E-state index contributed by atoms with van der Waals surface area (Å²) in [6, 6.07) is 0.260. The molecule has 1 saturated carbocycles. The lowest BCUT2D eigenvalue weighted by Crippen LogP contribution is -2.43. The smallest absolute Gasteiger partial charge is 0.410 e. The highest BCUT2D eigenvalue weighted by molar-refractivity contribution is 5.70. The number of hydrogen-bond acceptors (Lipinski definition) is 3. The van der Waals surface area contributed by atoms with E-state index < -0.39 is 11.6 Å². The Kier molecular flexibility index (Phi) is 3.98. The van der Waals surface area contributed by atoms with E-state index in [0.717, 1.165) is 19.4 Å². The lowest BCUT2D eigenvalue weighted by molar-refractivity contribution is -0.141. The maximum Gasteiger partial charge on any atom is 0.410 e. The molecule has 0 spiro atoms.